The fourth-order valence-electron chi connectivity index (χ4n) is 3.42. The number of rotatable bonds is 16. The average molecular weight is 657 g/mol. The summed E-state index contributed by atoms with van der Waals surface area (Å²) in [5, 5.41) is 9.15. The number of halogens is 2. The number of imidazole rings is 1. The van der Waals surface area contributed by atoms with Gasteiger partial charge in [-0.2, -0.15) is 0 Å². The van der Waals surface area contributed by atoms with Crippen LogP contribution >= 0.6 is 0 Å². The first-order chi connectivity index (χ1) is 22.1. The Balaban J connectivity index is -0.000000308. The maximum Gasteiger partial charge on any atom is 0.159 e. The van der Waals surface area contributed by atoms with Gasteiger partial charge >= 0.3 is 0 Å². The van der Waals surface area contributed by atoms with Gasteiger partial charge in [0.15, 0.2) is 5.83 Å². The van der Waals surface area contributed by atoms with Crippen LogP contribution in [0.1, 0.15) is 114 Å². The predicted octanol–water partition coefficient (Wildman–Crippen LogP) is 8.89. The zero-order valence-corrected chi connectivity index (χ0v) is 32.4. The molecule has 0 aromatic carbocycles. The van der Waals surface area contributed by atoms with Gasteiger partial charge in [-0.1, -0.05) is 61.5 Å². The van der Waals surface area contributed by atoms with Crippen LogP contribution in [0.4, 0.5) is 8.78 Å². The van der Waals surface area contributed by atoms with Crippen molar-refractivity contribution in [1.29, 1.82) is 0 Å². The van der Waals surface area contributed by atoms with Crippen molar-refractivity contribution < 1.29 is 10.2 Å². The Hall–Kier alpha value is -2.85. The van der Waals surface area contributed by atoms with Gasteiger partial charge in [0, 0.05) is 33.0 Å². The van der Waals surface area contributed by atoms with Crippen LogP contribution in [0, 0.1) is 13.8 Å². The molecule has 0 spiro atoms. The van der Waals surface area contributed by atoms with E-state index in [2.05, 4.69) is 70.7 Å². The third-order valence-corrected chi connectivity index (χ3v) is 5.97. The summed E-state index contributed by atoms with van der Waals surface area (Å²) >= 11 is 0. The summed E-state index contributed by atoms with van der Waals surface area (Å²) in [4.78, 5) is 14.8. The summed E-state index contributed by atoms with van der Waals surface area (Å²) in [7, 11) is 5.75. The van der Waals surface area contributed by atoms with Gasteiger partial charge in [-0.25, -0.2) is 18.8 Å². The Morgan fingerprint density at radius 1 is 1.00 bits per heavy atom. The number of hydrogen-bond donors (Lipinski definition) is 3. The van der Waals surface area contributed by atoms with Crippen LogP contribution < -0.4 is 16.0 Å². The molecule has 0 unspecified atom stereocenters. The number of likely N-dealkylation sites (N-methyl/N-ethyl adjacent to an activating group) is 1. The summed E-state index contributed by atoms with van der Waals surface area (Å²) in [6, 6.07) is 0. The molecule has 3 N–H and O–H groups in total. The molecule has 0 saturated carbocycles. The summed E-state index contributed by atoms with van der Waals surface area (Å²) in [5.74, 6) is 0.629. The number of aromatic nitrogens is 2. The zero-order valence-electron chi connectivity index (χ0n) is 32.4. The minimum Gasteiger partial charge on any atom is -0.389 e. The van der Waals surface area contributed by atoms with Crippen LogP contribution in [0.25, 0.3) is 5.83 Å². The van der Waals surface area contributed by atoms with Crippen molar-refractivity contribution in [3.05, 3.63) is 47.0 Å². The van der Waals surface area contributed by atoms with Crippen LogP contribution in [-0.4, -0.2) is 80.5 Å². The lowest BCUT2D eigenvalue weighted by atomic mass is 10.2. The molecular weight excluding hydrogens is 582 g/mol. The van der Waals surface area contributed by atoms with Gasteiger partial charge in [0.2, 0.25) is 0 Å². The van der Waals surface area contributed by atoms with Crippen LogP contribution in [0.5, 0.6) is 0 Å². The highest BCUT2D eigenvalue weighted by atomic mass is 19.1. The molecule has 0 saturated heterocycles. The third kappa shape index (κ3) is 26.4. The van der Waals surface area contributed by atoms with E-state index in [1.165, 1.54) is 12.5 Å². The Labute approximate surface area is 284 Å². The fourth-order valence-corrected chi connectivity index (χ4v) is 3.42. The molecule has 1 aromatic heterocycles. The molecule has 0 bridgehead atoms. The lowest BCUT2D eigenvalue weighted by molar-refractivity contribution is 0.434. The van der Waals surface area contributed by atoms with E-state index in [0.29, 0.717) is 24.2 Å². The topological polar surface area (TPSA) is 81.9 Å². The smallest absolute Gasteiger partial charge is 0.159 e. The molecule has 0 atom stereocenters. The maximum absolute atomic E-state index is 14.6. The Kier molecular flexibility index (Phi) is 39.8. The highest BCUT2D eigenvalue weighted by Gasteiger charge is 2.13. The molecule has 46 heavy (non-hydrogen) atoms. The number of hydrogen-bond acceptors (Lipinski definition) is 6. The number of nitrogens with zero attached hydrogens (tertiary/aromatic N) is 5. The van der Waals surface area contributed by atoms with Crippen molar-refractivity contribution in [2.75, 3.05) is 54.0 Å². The second kappa shape index (κ2) is 36.6. The SMILES string of the molecule is CC.CC.CC/C=C\C(=N/C/N=C\C(F)=C(\CC/C=C(/F)c1nc(C)n(CC)c1C)NC)NCC.CCCNCC.CCN(C)C.[HH]. The van der Waals surface area contributed by atoms with Crippen molar-refractivity contribution in [1.82, 2.24) is 30.4 Å². The van der Waals surface area contributed by atoms with Gasteiger partial charge < -0.3 is 25.4 Å². The highest BCUT2D eigenvalue weighted by molar-refractivity contribution is 5.92. The monoisotopic (exact) mass is 657 g/mol. The van der Waals surface area contributed by atoms with Crippen molar-refractivity contribution in [3.8, 4) is 0 Å². The van der Waals surface area contributed by atoms with Gasteiger partial charge in [0.05, 0.1) is 6.21 Å². The van der Waals surface area contributed by atoms with E-state index in [9.17, 15) is 8.78 Å². The molecule has 10 heteroatoms. The Bertz CT molecular complexity index is 980. The minimum atomic E-state index is -0.483. The van der Waals surface area contributed by atoms with Crippen molar-refractivity contribution >= 4 is 17.9 Å². The number of amidine groups is 1. The lowest BCUT2D eigenvalue weighted by Gasteiger charge is -2.06. The minimum absolute atomic E-state index is 0. The fraction of sp³-hybridized carbons (Fsp3) is 0.694. The van der Waals surface area contributed by atoms with E-state index in [1.807, 2.05) is 79.0 Å². The van der Waals surface area contributed by atoms with Gasteiger partial charge in [0.25, 0.3) is 0 Å². The van der Waals surface area contributed by atoms with Gasteiger partial charge in [-0.05, 0) is 99.3 Å². The molecule has 0 aliphatic rings. The molecule has 0 amide bonds. The number of nitrogens with one attached hydrogen (secondary N) is 3. The van der Waals surface area contributed by atoms with Crippen molar-refractivity contribution in [3.63, 3.8) is 0 Å². The van der Waals surface area contributed by atoms with Crippen LogP contribution in [0.2, 0.25) is 0 Å². The van der Waals surface area contributed by atoms with Gasteiger partial charge in [0.1, 0.15) is 29.8 Å². The molecule has 1 rings (SSSR count). The molecule has 0 radical (unpaired) electrons. The molecule has 0 fully saturated rings. The molecule has 1 aromatic rings. The van der Waals surface area contributed by atoms with E-state index < -0.39 is 5.83 Å². The van der Waals surface area contributed by atoms with Crippen LogP contribution in [0.3, 0.4) is 0 Å². The third-order valence-electron chi connectivity index (χ3n) is 5.97. The summed E-state index contributed by atoms with van der Waals surface area (Å²) < 4.78 is 30.9. The van der Waals surface area contributed by atoms with Gasteiger partial charge in [-0.15, -0.1) is 0 Å². The van der Waals surface area contributed by atoms with Crippen LogP contribution in [-0.2, 0) is 6.54 Å². The normalized spacial score (nSPS) is 11.9. The first-order valence-electron chi connectivity index (χ1n) is 17.3. The molecule has 8 nitrogen and oxygen atoms in total. The molecule has 0 aliphatic heterocycles. The lowest BCUT2D eigenvalue weighted by Crippen LogP contribution is -2.21. The van der Waals surface area contributed by atoms with Crippen molar-refractivity contribution in [2.24, 2.45) is 9.98 Å². The standard InChI is InChI=1S/C23H36F2N6.C5H13N.C4H11N.2C2H6.H2/c1-7-10-14-22(28-8-2)29-16-27-15-20(25)21(26-6)13-11-12-19(24)23-17(4)31(9-3)18(5)30-23;1-3-5-6-4-2;1-4-5(2)3;2*1-2;/h10,12,14-15,26H,7-9,11,13,16H2,1-6H3,(H,28,29);6H,3-5H2,1-2H3;4H2,1-3H3;2*1-2H3;1H/b14-10-,19-12+,21-20+,27-15-;;;;;. The van der Waals surface area contributed by atoms with Crippen LogP contribution in [0.15, 0.2) is 39.7 Å². The van der Waals surface area contributed by atoms with E-state index >= 15 is 0 Å². The van der Waals surface area contributed by atoms with E-state index in [-0.39, 0.29) is 13.9 Å². The maximum atomic E-state index is 14.6. The first kappa shape index (κ1) is 50.0. The quantitative estimate of drug-likeness (QED) is 0.0941. The summed E-state index contributed by atoms with van der Waals surface area (Å²) in [6.07, 6.45) is 9.29. The van der Waals surface area contributed by atoms with E-state index in [1.54, 1.807) is 7.05 Å². The predicted molar refractivity (Wildman–Crippen MR) is 205 cm³/mol. The zero-order chi connectivity index (χ0) is 36.3. The van der Waals surface area contributed by atoms with Crippen molar-refractivity contribution in [2.45, 2.75) is 115 Å². The Morgan fingerprint density at radius 3 is 2.02 bits per heavy atom. The molecule has 1 heterocycles. The van der Waals surface area contributed by atoms with E-state index in [4.69, 9.17) is 0 Å². The first-order valence-corrected chi connectivity index (χ1v) is 17.3. The second-order valence-electron chi connectivity index (χ2n) is 9.59. The molecule has 0 aliphatic carbocycles. The number of aliphatic imine (C=N–C) groups is 2. The number of aryl methyl sites for hydroxylation is 1. The molecule has 272 valence electrons. The summed E-state index contributed by atoms with van der Waals surface area (Å²) in [5.41, 5.74) is 1.51. The van der Waals surface area contributed by atoms with Gasteiger partial charge in [-0.3, -0.25) is 4.99 Å². The summed E-state index contributed by atoms with van der Waals surface area (Å²) in [6.45, 7) is 29.2. The largest absolute Gasteiger partial charge is 0.389 e. The highest BCUT2D eigenvalue weighted by Crippen LogP contribution is 2.22. The van der Waals surface area contributed by atoms with E-state index in [0.717, 1.165) is 62.7 Å². The Morgan fingerprint density at radius 2 is 1.61 bits per heavy atom. The second-order valence-corrected chi connectivity index (χ2v) is 9.59. The average Bonchev–Trinajstić information content (AvgIpc) is 3.37. The molecular formula is C36H74F2N8. The number of allylic oxidation sites excluding steroid dienone is 4.